The molecule has 2 N–H and O–H groups in total. The maximum absolute atomic E-state index is 4.36. The van der Waals surface area contributed by atoms with Gasteiger partial charge in [0.05, 0.1) is 0 Å². The van der Waals surface area contributed by atoms with Gasteiger partial charge in [0.1, 0.15) is 0 Å². The first kappa shape index (κ1) is 18.6. The van der Waals surface area contributed by atoms with Crippen molar-refractivity contribution < 1.29 is 0 Å². The second-order valence-corrected chi connectivity index (χ2v) is 6.37. The van der Waals surface area contributed by atoms with E-state index in [0.29, 0.717) is 0 Å². The third-order valence-corrected chi connectivity index (χ3v) is 4.53. The van der Waals surface area contributed by atoms with E-state index in [1.807, 2.05) is 12.3 Å². The zero-order chi connectivity index (χ0) is 18.7. The molecule has 1 heterocycles. The standard InChI is InChI=1S/C23H26N4/c1-24-23(26-16-14-19-9-8-15-25-17-19)27-18-22(20-10-4-2-5-11-20)21-12-6-3-7-13-21/h2-13,15,17,22H,14,16,18H2,1H3,(H2,24,26,27). The van der Waals surface area contributed by atoms with Crippen LogP contribution in [0.3, 0.4) is 0 Å². The van der Waals surface area contributed by atoms with Crippen LogP contribution in [0, 0.1) is 0 Å². The number of hydrogen-bond donors (Lipinski definition) is 2. The smallest absolute Gasteiger partial charge is 0.191 e. The van der Waals surface area contributed by atoms with Crippen molar-refractivity contribution in [1.29, 1.82) is 0 Å². The van der Waals surface area contributed by atoms with E-state index < -0.39 is 0 Å². The van der Waals surface area contributed by atoms with Crippen LogP contribution in [0.2, 0.25) is 0 Å². The Morgan fingerprint density at radius 3 is 2.11 bits per heavy atom. The van der Waals surface area contributed by atoms with Crippen molar-refractivity contribution in [2.75, 3.05) is 20.1 Å². The molecule has 0 atom stereocenters. The Labute approximate surface area is 161 Å². The number of nitrogens with zero attached hydrogens (tertiary/aromatic N) is 2. The third-order valence-electron chi connectivity index (χ3n) is 4.53. The third kappa shape index (κ3) is 5.68. The van der Waals surface area contributed by atoms with Gasteiger partial charge in [-0.2, -0.15) is 0 Å². The lowest BCUT2D eigenvalue weighted by Gasteiger charge is -2.20. The molecule has 0 spiro atoms. The van der Waals surface area contributed by atoms with Gasteiger partial charge < -0.3 is 10.6 Å². The fourth-order valence-corrected chi connectivity index (χ4v) is 3.09. The minimum atomic E-state index is 0.268. The van der Waals surface area contributed by atoms with Crippen LogP contribution in [0.25, 0.3) is 0 Å². The maximum atomic E-state index is 4.36. The number of rotatable bonds is 7. The van der Waals surface area contributed by atoms with Gasteiger partial charge in [0.2, 0.25) is 0 Å². The van der Waals surface area contributed by atoms with E-state index in [4.69, 9.17) is 0 Å². The lowest BCUT2D eigenvalue weighted by molar-refractivity contribution is 0.725. The first-order valence-corrected chi connectivity index (χ1v) is 9.30. The summed E-state index contributed by atoms with van der Waals surface area (Å²) in [5, 5.41) is 6.86. The summed E-state index contributed by atoms with van der Waals surface area (Å²) in [6.45, 7) is 1.59. The summed E-state index contributed by atoms with van der Waals surface area (Å²) >= 11 is 0. The van der Waals surface area contributed by atoms with Gasteiger partial charge in [-0.3, -0.25) is 9.98 Å². The molecule has 0 saturated carbocycles. The van der Waals surface area contributed by atoms with Gasteiger partial charge in [-0.15, -0.1) is 0 Å². The molecule has 3 aromatic rings. The van der Waals surface area contributed by atoms with E-state index in [1.165, 1.54) is 16.7 Å². The van der Waals surface area contributed by atoms with E-state index in [-0.39, 0.29) is 5.92 Å². The van der Waals surface area contributed by atoms with Gasteiger partial charge >= 0.3 is 0 Å². The SMILES string of the molecule is CN=C(NCCc1cccnc1)NCC(c1ccccc1)c1ccccc1. The largest absolute Gasteiger partial charge is 0.356 e. The molecule has 0 saturated heterocycles. The molecule has 0 radical (unpaired) electrons. The molecule has 0 aliphatic heterocycles. The van der Waals surface area contributed by atoms with Crippen molar-refractivity contribution in [3.8, 4) is 0 Å². The number of pyridine rings is 1. The molecule has 0 amide bonds. The van der Waals surface area contributed by atoms with Crippen LogP contribution in [0.1, 0.15) is 22.6 Å². The van der Waals surface area contributed by atoms with Crippen LogP contribution in [0.4, 0.5) is 0 Å². The van der Waals surface area contributed by atoms with Gasteiger partial charge in [0.15, 0.2) is 5.96 Å². The molecule has 138 valence electrons. The monoisotopic (exact) mass is 358 g/mol. The molecule has 0 aliphatic rings. The molecule has 0 unspecified atom stereocenters. The van der Waals surface area contributed by atoms with Crippen LogP contribution in [0.15, 0.2) is 90.2 Å². The highest BCUT2D eigenvalue weighted by atomic mass is 15.2. The van der Waals surface area contributed by atoms with Crippen molar-refractivity contribution in [3.63, 3.8) is 0 Å². The van der Waals surface area contributed by atoms with E-state index >= 15 is 0 Å². The summed E-state index contributed by atoms with van der Waals surface area (Å²) in [5.41, 5.74) is 3.80. The molecular formula is C23H26N4. The first-order chi connectivity index (χ1) is 13.4. The molecule has 1 aromatic heterocycles. The molecule has 4 nitrogen and oxygen atoms in total. The molecular weight excluding hydrogens is 332 g/mol. The van der Waals surface area contributed by atoms with Crippen LogP contribution in [-0.2, 0) is 6.42 Å². The Kier molecular flexibility index (Phi) is 6.99. The minimum absolute atomic E-state index is 0.268. The fourth-order valence-electron chi connectivity index (χ4n) is 3.09. The van der Waals surface area contributed by atoms with E-state index in [0.717, 1.165) is 25.5 Å². The fraction of sp³-hybridized carbons (Fsp3) is 0.217. The molecule has 0 aliphatic carbocycles. The van der Waals surface area contributed by atoms with E-state index in [1.54, 1.807) is 13.2 Å². The predicted octanol–water partition coefficient (Wildman–Crippen LogP) is 3.62. The van der Waals surface area contributed by atoms with Crippen molar-refractivity contribution in [2.45, 2.75) is 12.3 Å². The Morgan fingerprint density at radius 2 is 1.56 bits per heavy atom. The van der Waals surface area contributed by atoms with Crippen molar-refractivity contribution >= 4 is 5.96 Å². The van der Waals surface area contributed by atoms with Crippen LogP contribution >= 0.6 is 0 Å². The van der Waals surface area contributed by atoms with Gasteiger partial charge in [-0.1, -0.05) is 66.7 Å². The maximum Gasteiger partial charge on any atom is 0.191 e. The van der Waals surface area contributed by atoms with Crippen LogP contribution in [0.5, 0.6) is 0 Å². The van der Waals surface area contributed by atoms with E-state index in [2.05, 4.69) is 87.3 Å². The first-order valence-electron chi connectivity index (χ1n) is 9.30. The Bertz CT molecular complexity index is 777. The minimum Gasteiger partial charge on any atom is -0.356 e. The number of hydrogen-bond acceptors (Lipinski definition) is 2. The topological polar surface area (TPSA) is 49.3 Å². The second-order valence-electron chi connectivity index (χ2n) is 6.37. The lowest BCUT2D eigenvalue weighted by Crippen LogP contribution is -2.40. The molecule has 0 bridgehead atoms. The lowest BCUT2D eigenvalue weighted by atomic mass is 9.91. The average Bonchev–Trinajstić information content (AvgIpc) is 2.75. The Hall–Kier alpha value is -3.14. The summed E-state index contributed by atoms with van der Waals surface area (Å²) in [6, 6.07) is 25.2. The second kappa shape index (κ2) is 10.1. The summed E-state index contributed by atoms with van der Waals surface area (Å²) in [5.74, 6) is 1.08. The van der Waals surface area contributed by atoms with Crippen molar-refractivity contribution in [3.05, 3.63) is 102 Å². The Morgan fingerprint density at radius 1 is 0.889 bits per heavy atom. The molecule has 2 aromatic carbocycles. The van der Waals surface area contributed by atoms with Gasteiger partial charge in [-0.05, 0) is 29.2 Å². The normalized spacial score (nSPS) is 11.4. The van der Waals surface area contributed by atoms with Crippen molar-refractivity contribution in [1.82, 2.24) is 15.6 Å². The highest BCUT2D eigenvalue weighted by Gasteiger charge is 2.14. The van der Waals surface area contributed by atoms with Gasteiger partial charge in [-0.25, -0.2) is 0 Å². The quantitative estimate of drug-likeness (QED) is 0.501. The highest BCUT2D eigenvalue weighted by molar-refractivity contribution is 5.79. The molecule has 27 heavy (non-hydrogen) atoms. The zero-order valence-corrected chi connectivity index (χ0v) is 15.7. The number of aliphatic imine (C=N–C) groups is 1. The Balaban J connectivity index is 1.60. The number of aromatic nitrogens is 1. The zero-order valence-electron chi connectivity index (χ0n) is 15.7. The predicted molar refractivity (Wildman–Crippen MR) is 112 cm³/mol. The van der Waals surface area contributed by atoms with E-state index in [9.17, 15) is 0 Å². The van der Waals surface area contributed by atoms with Crippen molar-refractivity contribution in [2.24, 2.45) is 4.99 Å². The van der Waals surface area contributed by atoms with Gasteiger partial charge in [0.25, 0.3) is 0 Å². The number of benzene rings is 2. The van der Waals surface area contributed by atoms with Gasteiger partial charge in [0, 0.05) is 38.4 Å². The molecule has 4 heteroatoms. The summed E-state index contributed by atoms with van der Waals surface area (Å²) in [7, 11) is 1.81. The highest BCUT2D eigenvalue weighted by Crippen LogP contribution is 2.23. The van der Waals surface area contributed by atoms with Crippen LogP contribution < -0.4 is 10.6 Å². The number of nitrogens with one attached hydrogen (secondary N) is 2. The summed E-state index contributed by atoms with van der Waals surface area (Å²) in [6.07, 6.45) is 4.61. The van der Waals surface area contributed by atoms with Crippen LogP contribution in [-0.4, -0.2) is 31.1 Å². The molecule has 3 rings (SSSR count). The summed E-state index contributed by atoms with van der Waals surface area (Å²) < 4.78 is 0. The number of guanidine groups is 1. The average molecular weight is 358 g/mol. The summed E-state index contributed by atoms with van der Waals surface area (Å²) in [4.78, 5) is 8.51. The molecule has 0 fully saturated rings.